The minimum Gasteiger partial charge on any atom is -0.255 e. The van der Waals surface area contributed by atoms with Gasteiger partial charge < -0.3 is 0 Å². The molecule has 0 saturated heterocycles. The van der Waals surface area contributed by atoms with Gasteiger partial charge in [-0.3, -0.25) is 4.98 Å². The standard InChI is InChI=1S/C17H13ClFN3S/c18-13-4-3-5-14(19)12(13)9-11-23-17-8-7-16(21-22-17)15-6-1-2-10-20-15/h1-8,10H,9,11H2. The molecular weight excluding hydrogens is 333 g/mol. The van der Waals surface area contributed by atoms with Crippen LogP contribution in [0.4, 0.5) is 4.39 Å². The molecule has 0 saturated carbocycles. The van der Waals surface area contributed by atoms with Crippen molar-refractivity contribution in [2.45, 2.75) is 11.4 Å². The van der Waals surface area contributed by atoms with Gasteiger partial charge in [-0.15, -0.1) is 22.0 Å². The number of nitrogens with zero attached hydrogens (tertiary/aromatic N) is 3. The zero-order valence-electron chi connectivity index (χ0n) is 12.1. The van der Waals surface area contributed by atoms with E-state index in [4.69, 9.17) is 11.6 Å². The van der Waals surface area contributed by atoms with E-state index in [0.29, 0.717) is 22.8 Å². The summed E-state index contributed by atoms with van der Waals surface area (Å²) >= 11 is 7.53. The van der Waals surface area contributed by atoms with Gasteiger partial charge in [0.15, 0.2) is 0 Å². The Kier molecular flexibility index (Phi) is 5.20. The number of hydrogen-bond donors (Lipinski definition) is 0. The molecule has 0 unspecified atom stereocenters. The highest BCUT2D eigenvalue weighted by molar-refractivity contribution is 7.99. The largest absolute Gasteiger partial charge is 0.255 e. The van der Waals surface area contributed by atoms with Crippen molar-refractivity contribution >= 4 is 23.4 Å². The lowest BCUT2D eigenvalue weighted by atomic mass is 10.1. The lowest BCUT2D eigenvalue weighted by Gasteiger charge is -2.05. The van der Waals surface area contributed by atoms with Gasteiger partial charge in [0.25, 0.3) is 0 Å². The van der Waals surface area contributed by atoms with Crippen molar-refractivity contribution in [2.24, 2.45) is 0 Å². The fraction of sp³-hybridized carbons (Fsp3) is 0.118. The smallest absolute Gasteiger partial charge is 0.127 e. The van der Waals surface area contributed by atoms with E-state index < -0.39 is 0 Å². The van der Waals surface area contributed by atoms with Crippen molar-refractivity contribution in [1.29, 1.82) is 0 Å². The van der Waals surface area contributed by atoms with Crippen LogP contribution < -0.4 is 0 Å². The van der Waals surface area contributed by atoms with E-state index in [-0.39, 0.29) is 5.82 Å². The Labute approximate surface area is 142 Å². The molecule has 6 heteroatoms. The summed E-state index contributed by atoms with van der Waals surface area (Å²) in [5, 5.41) is 9.60. The summed E-state index contributed by atoms with van der Waals surface area (Å²) in [5.74, 6) is 0.410. The molecule has 1 aromatic carbocycles. The summed E-state index contributed by atoms with van der Waals surface area (Å²) in [6, 6.07) is 14.2. The zero-order chi connectivity index (χ0) is 16.1. The van der Waals surface area contributed by atoms with Gasteiger partial charge in [0, 0.05) is 22.5 Å². The second-order valence-electron chi connectivity index (χ2n) is 4.77. The second-order valence-corrected chi connectivity index (χ2v) is 6.29. The van der Waals surface area contributed by atoms with Crippen LogP contribution in [0.5, 0.6) is 0 Å². The first-order chi connectivity index (χ1) is 11.2. The number of rotatable bonds is 5. The maximum Gasteiger partial charge on any atom is 0.127 e. The fourth-order valence-corrected chi connectivity index (χ4v) is 3.11. The Morgan fingerprint density at radius 2 is 1.87 bits per heavy atom. The Morgan fingerprint density at radius 3 is 2.57 bits per heavy atom. The third-order valence-corrected chi connectivity index (χ3v) is 4.51. The molecule has 3 aromatic rings. The first-order valence-corrected chi connectivity index (χ1v) is 8.41. The average Bonchev–Trinajstić information content (AvgIpc) is 2.59. The third kappa shape index (κ3) is 4.06. The molecule has 0 N–H and O–H groups in total. The van der Waals surface area contributed by atoms with Gasteiger partial charge in [0.05, 0.1) is 5.69 Å². The van der Waals surface area contributed by atoms with Gasteiger partial charge >= 0.3 is 0 Å². The number of pyridine rings is 1. The first kappa shape index (κ1) is 15.9. The maximum absolute atomic E-state index is 13.7. The molecule has 3 nitrogen and oxygen atoms in total. The number of thioether (sulfide) groups is 1. The summed E-state index contributed by atoms with van der Waals surface area (Å²) in [5.41, 5.74) is 2.06. The van der Waals surface area contributed by atoms with Crippen LogP contribution in [-0.4, -0.2) is 20.9 Å². The van der Waals surface area contributed by atoms with Crippen molar-refractivity contribution in [3.8, 4) is 11.4 Å². The van der Waals surface area contributed by atoms with E-state index in [1.54, 1.807) is 18.3 Å². The molecule has 0 bridgehead atoms. The molecule has 0 amide bonds. The Morgan fingerprint density at radius 1 is 0.957 bits per heavy atom. The van der Waals surface area contributed by atoms with Crippen molar-refractivity contribution in [2.75, 3.05) is 5.75 Å². The summed E-state index contributed by atoms with van der Waals surface area (Å²) < 4.78 is 13.7. The Balaban J connectivity index is 1.61. The monoisotopic (exact) mass is 345 g/mol. The quantitative estimate of drug-likeness (QED) is 0.630. The molecule has 3 rings (SSSR count). The molecule has 0 aliphatic rings. The summed E-state index contributed by atoms with van der Waals surface area (Å²) in [6.45, 7) is 0. The van der Waals surface area contributed by atoms with Gasteiger partial charge in [0.2, 0.25) is 0 Å². The van der Waals surface area contributed by atoms with E-state index in [0.717, 1.165) is 16.4 Å². The molecule has 2 aromatic heterocycles. The number of hydrogen-bond acceptors (Lipinski definition) is 4. The van der Waals surface area contributed by atoms with E-state index in [2.05, 4.69) is 15.2 Å². The molecule has 0 aliphatic heterocycles. The third-order valence-electron chi connectivity index (χ3n) is 3.23. The molecule has 0 spiro atoms. The maximum atomic E-state index is 13.7. The van der Waals surface area contributed by atoms with Crippen molar-refractivity contribution in [1.82, 2.24) is 15.2 Å². The van der Waals surface area contributed by atoms with Crippen LogP contribution in [0.1, 0.15) is 5.56 Å². The molecule has 0 fully saturated rings. The van der Waals surface area contributed by atoms with E-state index >= 15 is 0 Å². The number of halogens is 2. The molecular formula is C17H13ClFN3S. The SMILES string of the molecule is Fc1cccc(Cl)c1CCSc1ccc(-c2ccccn2)nn1. The van der Waals surface area contributed by atoms with Crippen molar-refractivity contribution in [3.05, 3.63) is 71.1 Å². The van der Waals surface area contributed by atoms with Crippen LogP contribution in [0.3, 0.4) is 0 Å². The first-order valence-electron chi connectivity index (χ1n) is 7.05. The normalized spacial score (nSPS) is 10.7. The predicted octanol–water partition coefficient (Wildman–Crippen LogP) is 4.67. The zero-order valence-corrected chi connectivity index (χ0v) is 13.7. The molecule has 23 heavy (non-hydrogen) atoms. The summed E-state index contributed by atoms with van der Waals surface area (Å²) in [7, 11) is 0. The van der Waals surface area contributed by atoms with Crippen molar-refractivity contribution < 1.29 is 4.39 Å². The minimum atomic E-state index is -0.269. The molecule has 0 aliphatic carbocycles. The van der Waals surface area contributed by atoms with Crippen LogP contribution >= 0.6 is 23.4 Å². The summed E-state index contributed by atoms with van der Waals surface area (Å²) in [4.78, 5) is 4.23. The molecule has 0 atom stereocenters. The number of aromatic nitrogens is 3. The topological polar surface area (TPSA) is 38.7 Å². The highest BCUT2D eigenvalue weighted by Crippen LogP contribution is 2.23. The molecule has 2 heterocycles. The van der Waals surface area contributed by atoms with Gasteiger partial charge in [-0.05, 0) is 42.8 Å². The van der Waals surface area contributed by atoms with Crippen LogP contribution in [-0.2, 0) is 6.42 Å². The van der Waals surface area contributed by atoms with E-state index in [9.17, 15) is 4.39 Å². The average molecular weight is 346 g/mol. The lowest BCUT2D eigenvalue weighted by Crippen LogP contribution is -1.96. The van der Waals surface area contributed by atoms with Crippen molar-refractivity contribution in [3.63, 3.8) is 0 Å². The number of benzene rings is 1. The highest BCUT2D eigenvalue weighted by atomic mass is 35.5. The van der Waals surface area contributed by atoms with Gasteiger partial charge in [-0.2, -0.15) is 0 Å². The van der Waals surface area contributed by atoms with Gasteiger partial charge in [-0.1, -0.05) is 23.7 Å². The summed E-state index contributed by atoms with van der Waals surface area (Å²) in [6.07, 6.45) is 2.26. The highest BCUT2D eigenvalue weighted by Gasteiger charge is 2.07. The molecule has 116 valence electrons. The lowest BCUT2D eigenvalue weighted by molar-refractivity contribution is 0.613. The van der Waals surface area contributed by atoms with Gasteiger partial charge in [-0.25, -0.2) is 4.39 Å². The van der Waals surface area contributed by atoms with Crippen LogP contribution in [0.15, 0.2) is 59.8 Å². The van der Waals surface area contributed by atoms with E-state index in [1.807, 2.05) is 30.3 Å². The fourth-order valence-electron chi connectivity index (χ4n) is 2.08. The Hall–Kier alpha value is -1.98. The minimum absolute atomic E-state index is 0.269. The van der Waals surface area contributed by atoms with Gasteiger partial charge in [0.1, 0.15) is 16.5 Å². The van der Waals surface area contributed by atoms with Crippen LogP contribution in [0, 0.1) is 5.82 Å². The van der Waals surface area contributed by atoms with Crippen LogP contribution in [0.2, 0.25) is 5.02 Å². The van der Waals surface area contributed by atoms with Crippen LogP contribution in [0.25, 0.3) is 11.4 Å². The Bertz CT molecular complexity index is 761. The predicted molar refractivity (Wildman–Crippen MR) is 91.1 cm³/mol. The van der Waals surface area contributed by atoms with E-state index in [1.165, 1.54) is 17.8 Å². The molecule has 0 radical (unpaired) electrons. The second kappa shape index (κ2) is 7.53.